The molecule has 70 valence electrons. The Morgan fingerprint density at radius 3 is 2.62 bits per heavy atom. The van der Waals surface area contributed by atoms with Gasteiger partial charge in [0.1, 0.15) is 0 Å². The van der Waals surface area contributed by atoms with Gasteiger partial charge < -0.3 is 5.73 Å². The minimum absolute atomic E-state index is 0.0944. The van der Waals surface area contributed by atoms with Crippen molar-refractivity contribution in [1.29, 1.82) is 0 Å². The number of thiophene rings is 1. The Balaban J connectivity index is 1.95. The molecule has 2 fully saturated rings. The maximum absolute atomic E-state index is 6.44. The van der Waals surface area contributed by atoms with Gasteiger partial charge in [-0.1, -0.05) is 6.42 Å². The Morgan fingerprint density at radius 1 is 1.38 bits per heavy atom. The molecule has 0 saturated heterocycles. The molecule has 1 heterocycles. The van der Waals surface area contributed by atoms with Crippen molar-refractivity contribution in [3.8, 4) is 0 Å². The van der Waals surface area contributed by atoms with E-state index in [1.807, 2.05) is 11.3 Å². The van der Waals surface area contributed by atoms with Crippen LogP contribution in [0, 0.1) is 18.8 Å². The van der Waals surface area contributed by atoms with Crippen LogP contribution in [0.1, 0.15) is 29.0 Å². The van der Waals surface area contributed by atoms with Gasteiger partial charge in [-0.05, 0) is 43.7 Å². The van der Waals surface area contributed by atoms with Gasteiger partial charge in [-0.25, -0.2) is 0 Å². The fourth-order valence-corrected chi connectivity index (χ4v) is 4.13. The van der Waals surface area contributed by atoms with Gasteiger partial charge in [0.05, 0.1) is 5.54 Å². The summed E-state index contributed by atoms with van der Waals surface area (Å²) in [5.74, 6) is 1.62. The summed E-state index contributed by atoms with van der Waals surface area (Å²) in [5, 5.41) is 0. The number of hydrogen-bond donors (Lipinski definition) is 1. The molecule has 2 saturated carbocycles. The summed E-state index contributed by atoms with van der Waals surface area (Å²) in [7, 11) is 0. The van der Waals surface area contributed by atoms with Crippen molar-refractivity contribution >= 4 is 11.3 Å². The maximum atomic E-state index is 6.44. The number of aryl methyl sites for hydroxylation is 1. The predicted molar refractivity (Wildman–Crippen MR) is 55.8 cm³/mol. The van der Waals surface area contributed by atoms with E-state index in [0.29, 0.717) is 0 Å². The second kappa shape index (κ2) is 2.37. The van der Waals surface area contributed by atoms with Crippen LogP contribution in [-0.2, 0) is 5.54 Å². The highest BCUT2D eigenvalue weighted by molar-refractivity contribution is 7.12. The molecule has 1 nitrogen and oxygen atoms in total. The third kappa shape index (κ3) is 0.906. The molecular formula is C11H15NS. The number of hydrogen-bond acceptors (Lipinski definition) is 2. The van der Waals surface area contributed by atoms with E-state index in [9.17, 15) is 0 Å². The van der Waals surface area contributed by atoms with Crippen molar-refractivity contribution in [3.05, 3.63) is 21.9 Å². The molecule has 1 aromatic heterocycles. The van der Waals surface area contributed by atoms with Crippen LogP contribution in [0.5, 0.6) is 0 Å². The van der Waals surface area contributed by atoms with Crippen molar-refractivity contribution in [2.75, 3.05) is 0 Å². The zero-order valence-electron chi connectivity index (χ0n) is 7.92. The first-order valence-electron chi connectivity index (χ1n) is 5.08. The molecule has 0 bridgehead atoms. The molecule has 1 aromatic rings. The first-order chi connectivity index (χ1) is 6.23. The van der Waals surface area contributed by atoms with Crippen LogP contribution in [0.4, 0.5) is 0 Å². The van der Waals surface area contributed by atoms with Crippen molar-refractivity contribution in [2.45, 2.75) is 31.7 Å². The second-order valence-electron chi connectivity index (χ2n) is 4.49. The molecule has 2 aliphatic rings. The minimum Gasteiger partial charge on any atom is -0.320 e. The van der Waals surface area contributed by atoms with Crippen LogP contribution in [0.3, 0.4) is 0 Å². The van der Waals surface area contributed by atoms with Crippen molar-refractivity contribution in [3.63, 3.8) is 0 Å². The van der Waals surface area contributed by atoms with Crippen LogP contribution in [0.2, 0.25) is 0 Å². The largest absolute Gasteiger partial charge is 0.320 e. The average molecular weight is 193 g/mol. The Labute approximate surface area is 83.0 Å². The maximum Gasteiger partial charge on any atom is 0.0567 e. The van der Waals surface area contributed by atoms with E-state index in [4.69, 9.17) is 5.73 Å². The Hall–Kier alpha value is -0.340. The topological polar surface area (TPSA) is 26.0 Å². The third-order valence-electron chi connectivity index (χ3n) is 3.80. The zero-order valence-corrected chi connectivity index (χ0v) is 8.73. The normalized spacial score (nSPS) is 42.0. The van der Waals surface area contributed by atoms with Crippen LogP contribution < -0.4 is 5.73 Å². The summed E-state index contributed by atoms with van der Waals surface area (Å²) in [6.45, 7) is 2.16. The van der Waals surface area contributed by atoms with Gasteiger partial charge in [-0.2, -0.15) is 0 Å². The molecule has 2 atom stereocenters. The molecule has 2 N–H and O–H groups in total. The van der Waals surface area contributed by atoms with Gasteiger partial charge in [0.2, 0.25) is 0 Å². The Bertz CT molecular complexity index is 332. The molecule has 2 unspecified atom stereocenters. The van der Waals surface area contributed by atoms with E-state index in [2.05, 4.69) is 19.1 Å². The molecule has 2 aliphatic carbocycles. The number of nitrogens with two attached hydrogens (primary N) is 1. The van der Waals surface area contributed by atoms with Gasteiger partial charge in [0, 0.05) is 9.75 Å². The van der Waals surface area contributed by atoms with Crippen molar-refractivity contribution in [2.24, 2.45) is 17.6 Å². The summed E-state index contributed by atoms with van der Waals surface area (Å²) >= 11 is 1.89. The van der Waals surface area contributed by atoms with Crippen LogP contribution in [-0.4, -0.2) is 0 Å². The van der Waals surface area contributed by atoms with Gasteiger partial charge in [0.15, 0.2) is 0 Å². The molecular weight excluding hydrogens is 178 g/mol. The van der Waals surface area contributed by atoms with Crippen LogP contribution in [0.25, 0.3) is 0 Å². The van der Waals surface area contributed by atoms with Crippen molar-refractivity contribution in [1.82, 2.24) is 0 Å². The lowest BCUT2D eigenvalue weighted by atomic mass is 10.0. The molecule has 0 spiro atoms. The molecule has 13 heavy (non-hydrogen) atoms. The van der Waals surface area contributed by atoms with E-state index in [1.165, 1.54) is 29.0 Å². The lowest BCUT2D eigenvalue weighted by Crippen LogP contribution is -2.24. The predicted octanol–water partition coefficient (Wildman–Crippen LogP) is 2.64. The van der Waals surface area contributed by atoms with Gasteiger partial charge in [-0.3, -0.25) is 0 Å². The summed E-state index contributed by atoms with van der Waals surface area (Å²) in [6, 6.07) is 4.43. The highest BCUT2D eigenvalue weighted by atomic mass is 32.1. The first-order valence-corrected chi connectivity index (χ1v) is 5.90. The van der Waals surface area contributed by atoms with Gasteiger partial charge >= 0.3 is 0 Å². The highest BCUT2D eigenvalue weighted by Crippen LogP contribution is 2.65. The quantitative estimate of drug-likeness (QED) is 0.729. The first kappa shape index (κ1) is 8.01. The van der Waals surface area contributed by atoms with Gasteiger partial charge in [-0.15, -0.1) is 11.3 Å². The summed E-state index contributed by atoms with van der Waals surface area (Å²) < 4.78 is 0. The average Bonchev–Trinajstić information content (AvgIpc) is 2.61. The summed E-state index contributed by atoms with van der Waals surface area (Å²) in [4.78, 5) is 2.82. The smallest absolute Gasteiger partial charge is 0.0567 e. The van der Waals surface area contributed by atoms with Crippen LogP contribution >= 0.6 is 11.3 Å². The summed E-state index contributed by atoms with van der Waals surface area (Å²) in [5.41, 5.74) is 6.54. The van der Waals surface area contributed by atoms with E-state index >= 15 is 0 Å². The lowest BCUT2D eigenvalue weighted by molar-refractivity contribution is 0.535. The van der Waals surface area contributed by atoms with Crippen molar-refractivity contribution < 1.29 is 0 Å². The zero-order chi connectivity index (χ0) is 9.05. The lowest BCUT2D eigenvalue weighted by Gasteiger charge is -2.12. The molecule has 0 amide bonds. The van der Waals surface area contributed by atoms with E-state index in [0.717, 1.165) is 11.8 Å². The van der Waals surface area contributed by atoms with Crippen LogP contribution in [0.15, 0.2) is 12.1 Å². The molecule has 3 rings (SSSR count). The standard InChI is InChI=1S/C11H15NS/c1-7-5-6-10(13-7)11(12)8-3-2-4-9(8)11/h5-6,8-9H,2-4,12H2,1H3. The van der Waals surface area contributed by atoms with E-state index in [1.54, 1.807) is 0 Å². The summed E-state index contributed by atoms with van der Waals surface area (Å²) in [6.07, 6.45) is 4.12. The molecule has 0 aromatic carbocycles. The van der Waals surface area contributed by atoms with E-state index in [-0.39, 0.29) is 5.54 Å². The van der Waals surface area contributed by atoms with E-state index < -0.39 is 0 Å². The second-order valence-corrected chi connectivity index (χ2v) is 5.78. The van der Waals surface area contributed by atoms with Gasteiger partial charge in [0.25, 0.3) is 0 Å². The Kier molecular flexibility index (Phi) is 1.46. The monoisotopic (exact) mass is 193 g/mol. The fourth-order valence-electron chi connectivity index (χ4n) is 3.03. The number of rotatable bonds is 1. The molecule has 0 aliphatic heterocycles. The SMILES string of the molecule is Cc1ccc(C2(N)C3CCCC32)s1. The highest BCUT2D eigenvalue weighted by Gasteiger charge is 2.64. The fraction of sp³-hybridized carbons (Fsp3) is 0.636. The third-order valence-corrected chi connectivity index (χ3v) is 4.97. The number of fused-ring (bicyclic) bond motifs is 1. The minimum atomic E-state index is 0.0944. The molecule has 0 radical (unpaired) electrons. The Morgan fingerprint density at radius 2 is 2.08 bits per heavy atom. The molecule has 2 heteroatoms.